The van der Waals surface area contributed by atoms with Crippen LogP contribution >= 0.6 is 0 Å². The third-order valence-corrected chi connectivity index (χ3v) is 7.41. The largest absolute Gasteiger partial charge is 0.491 e. The molecule has 1 N–H and O–H groups in total. The van der Waals surface area contributed by atoms with E-state index in [1.807, 2.05) is 45.2 Å². The minimum Gasteiger partial charge on any atom is -0.491 e. The summed E-state index contributed by atoms with van der Waals surface area (Å²) in [7, 11) is -1.66. The van der Waals surface area contributed by atoms with Gasteiger partial charge >= 0.3 is 0 Å². The molecule has 1 heterocycles. The Morgan fingerprint density at radius 1 is 1.06 bits per heavy atom. The van der Waals surface area contributed by atoms with Gasteiger partial charge in [-0.15, -0.1) is 0 Å². The van der Waals surface area contributed by atoms with Crippen molar-refractivity contribution in [3.8, 4) is 5.75 Å². The third-order valence-electron chi connectivity index (χ3n) is 5.51. The zero-order valence-electron chi connectivity index (χ0n) is 18.6. The minimum atomic E-state index is -3.64. The number of ether oxygens (including phenoxy) is 1. The fourth-order valence-corrected chi connectivity index (χ4v) is 4.91. The summed E-state index contributed by atoms with van der Waals surface area (Å²) in [6, 6.07) is 12.2. The van der Waals surface area contributed by atoms with Gasteiger partial charge in [-0.3, -0.25) is 4.79 Å². The molecule has 1 aliphatic heterocycles. The highest BCUT2D eigenvalue weighted by molar-refractivity contribution is 7.89. The molecule has 8 heteroatoms. The molecule has 0 radical (unpaired) electrons. The minimum absolute atomic E-state index is 0.150. The third kappa shape index (κ3) is 5.64. The van der Waals surface area contributed by atoms with E-state index in [4.69, 9.17) is 4.74 Å². The van der Waals surface area contributed by atoms with Crippen LogP contribution in [0.2, 0.25) is 0 Å². The van der Waals surface area contributed by atoms with Crippen LogP contribution in [0, 0.1) is 13.8 Å². The number of aryl methyl sites for hydroxylation is 2. The second-order valence-corrected chi connectivity index (χ2v) is 10.1. The van der Waals surface area contributed by atoms with Crippen molar-refractivity contribution in [1.82, 2.24) is 14.5 Å². The molecule has 0 aromatic heterocycles. The second-order valence-electron chi connectivity index (χ2n) is 8.14. The summed E-state index contributed by atoms with van der Waals surface area (Å²) in [6.07, 6.45) is 0. The van der Waals surface area contributed by atoms with E-state index in [0.29, 0.717) is 38.3 Å². The van der Waals surface area contributed by atoms with Gasteiger partial charge in [0.25, 0.3) is 5.91 Å². The average molecular weight is 446 g/mol. The van der Waals surface area contributed by atoms with Crippen LogP contribution in [0.1, 0.15) is 28.4 Å². The van der Waals surface area contributed by atoms with E-state index < -0.39 is 10.0 Å². The fourth-order valence-electron chi connectivity index (χ4n) is 3.46. The van der Waals surface area contributed by atoms with Crippen molar-refractivity contribution in [2.45, 2.75) is 31.7 Å². The van der Waals surface area contributed by atoms with Crippen LogP contribution in [-0.4, -0.2) is 69.4 Å². The maximum absolute atomic E-state index is 13.0. The van der Waals surface area contributed by atoms with Gasteiger partial charge in [-0.25, -0.2) is 8.42 Å². The molecule has 0 unspecified atom stereocenters. The van der Waals surface area contributed by atoms with E-state index in [0.717, 1.165) is 16.9 Å². The number of hydrogen-bond acceptors (Lipinski definition) is 5. The van der Waals surface area contributed by atoms with E-state index in [1.54, 1.807) is 19.1 Å². The topological polar surface area (TPSA) is 78.9 Å². The zero-order chi connectivity index (χ0) is 22.6. The number of nitrogens with zero attached hydrogens (tertiary/aromatic N) is 2. The van der Waals surface area contributed by atoms with Gasteiger partial charge in [-0.1, -0.05) is 24.3 Å². The van der Waals surface area contributed by atoms with Crippen molar-refractivity contribution in [2.75, 3.05) is 39.8 Å². The summed E-state index contributed by atoms with van der Waals surface area (Å²) in [5.41, 5.74) is 2.11. The van der Waals surface area contributed by atoms with E-state index in [1.165, 1.54) is 10.4 Å². The Balaban J connectivity index is 1.69. The number of sulfonamides is 1. The number of likely N-dealkylation sites (N-methyl/N-ethyl adjacent to an activating group) is 1. The van der Waals surface area contributed by atoms with E-state index >= 15 is 0 Å². The van der Waals surface area contributed by atoms with E-state index in [-0.39, 0.29) is 16.8 Å². The number of carbonyl (C=O) groups is 1. The first-order chi connectivity index (χ1) is 14.7. The first kappa shape index (κ1) is 23.2. The summed E-state index contributed by atoms with van der Waals surface area (Å²) < 4.78 is 33.4. The summed E-state index contributed by atoms with van der Waals surface area (Å²) in [6.45, 7) is 8.21. The van der Waals surface area contributed by atoms with Gasteiger partial charge < -0.3 is 15.0 Å². The molecule has 0 spiro atoms. The van der Waals surface area contributed by atoms with Gasteiger partial charge in [-0.2, -0.15) is 4.31 Å². The second kappa shape index (κ2) is 9.80. The van der Waals surface area contributed by atoms with Crippen molar-refractivity contribution < 1.29 is 17.9 Å². The molecule has 168 valence electrons. The summed E-state index contributed by atoms with van der Waals surface area (Å²) >= 11 is 0. The number of amides is 1. The van der Waals surface area contributed by atoms with Gasteiger partial charge in [0.15, 0.2) is 0 Å². The molecule has 7 nitrogen and oxygen atoms in total. The van der Waals surface area contributed by atoms with Crippen LogP contribution in [0.5, 0.6) is 5.75 Å². The Morgan fingerprint density at radius 2 is 1.74 bits per heavy atom. The number of benzene rings is 2. The van der Waals surface area contributed by atoms with Crippen LogP contribution < -0.4 is 10.1 Å². The molecule has 2 aromatic carbocycles. The molecule has 0 bridgehead atoms. The van der Waals surface area contributed by atoms with Crippen LogP contribution in [0.4, 0.5) is 0 Å². The van der Waals surface area contributed by atoms with Crippen LogP contribution in [0.3, 0.4) is 0 Å². The average Bonchev–Trinajstić information content (AvgIpc) is 2.73. The lowest BCUT2D eigenvalue weighted by Crippen LogP contribution is -2.47. The Labute approximate surface area is 185 Å². The highest BCUT2D eigenvalue weighted by Gasteiger charge is 2.28. The van der Waals surface area contributed by atoms with Crippen molar-refractivity contribution in [3.63, 3.8) is 0 Å². The van der Waals surface area contributed by atoms with Crippen LogP contribution in [-0.2, 0) is 10.0 Å². The van der Waals surface area contributed by atoms with Gasteiger partial charge in [0.1, 0.15) is 12.4 Å². The molecule has 0 saturated carbocycles. The molecule has 2 aromatic rings. The molecule has 1 fully saturated rings. The Hall–Kier alpha value is -2.42. The predicted octanol–water partition coefficient (Wildman–Crippen LogP) is 2.44. The molecule has 1 amide bonds. The normalized spacial score (nSPS) is 16.6. The lowest BCUT2D eigenvalue weighted by molar-refractivity contribution is 0.0925. The molecule has 31 heavy (non-hydrogen) atoms. The number of para-hydroxylation sites is 1. The van der Waals surface area contributed by atoms with Gasteiger partial charge in [0.2, 0.25) is 10.0 Å². The molecular weight excluding hydrogens is 414 g/mol. The quantitative estimate of drug-likeness (QED) is 0.708. The molecule has 0 aliphatic carbocycles. The molecule has 3 rings (SSSR count). The standard InChI is InChI=1S/C23H31N3O4S/c1-17-9-10-20(31(28,29)26-13-11-25(4)12-14-26)15-21(17)23(27)24-19(3)16-30-22-8-6-5-7-18(22)2/h5-10,15,19H,11-14,16H2,1-4H3,(H,24,27)/t19-/m1/s1. The number of nitrogens with one attached hydrogen (secondary N) is 1. The van der Waals surface area contributed by atoms with Gasteiger partial charge in [0, 0.05) is 31.7 Å². The summed E-state index contributed by atoms with van der Waals surface area (Å²) in [5.74, 6) is 0.467. The first-order valence-corrected chi connectivity index (χ1v) is 11.9. The zero-order valence-corrected chi connectivity index (χ0v) is 19.4. The van der Waals surface area contributed by atoms with Crippen LogP contribution in [0.15, 0.2) is 47.4 Å². The molecule has 1 atom stereocenters. The number of carbonyl (C=O) groups excluding carboxylic acids is 1. The van der Waals surface area contributed by atoms with E-state index in [2.05, 4.69) is 10.2 Å². The maximum atomic E-state index is 13.0. The SMILES string of the molecule is Cc1ccccc1OC[C@@H](C)NC(=O)c1cc(S(=O)(=O)N2CCN(C)CC2)ccc1C. The Bertz CT molecular complexity index is 1030. The lowest BCUT2D eigenvalue weighted by atomic mass is 10.1. The molecular formula is C23H31N3O4S. The smallest absolute Gasteiger partial charge is 0.251 e. The van der Waals surface area contributed by atoms with Crippen molar-refractivity contribution in [3.05, 3.63) is 59.2 Å². The Morgan fingerprint density at radius 3 is 2.42 bits per heavy atom. The predicted molar refractivity (Wildman–Crippen MR) is 121 cm³/mol. The lowest BCUT2D eigenvalue weighted by Gasteiger charge is -2.31. The van der Waals surface area contributed by atoms with Crippen molar-refractivity contribution in [2.24, 2.45) is 0 Å². The number of piperazine rings is 1. The van der Waals surface area contributed by atoms with E-state index in [9.17, 15) is 13.2 Å². The highest BCUT2D eigenvalue weighted by Crippen LogP contribution is 2.21. The van der Waals surface area contributed by atoms with Crippen molar-refractivity contribution >= 4 is 15.9 Å². The van der Waals surface area contributed by atoms with Gasteiger partial charge in [0.05, 0.1) is 10.9 Å². The summed E-state index contributed by atoms with van der Waals surface area (Å²) in [4.78, 5) is 15.1. The van der Waals surface area contributed by atoms with Gasteiger partial charge in [-0.05, 0) is 57.1 Å². The van der Waals surface area contributed by atoms with Crippen LogP contribution in [0.25, 0.3) is 0 Å². The fraction of sp³-hybridized carbons (Fsp3) is 0.435. The number of hydrogen-bond donors (Lipinski definition) is 1. The molecule has 1 aliphatic rings. The maximum Gasteiger partial charge on any atom is 0.251 e. The highest BCUT2D eigenvalue weighted by atomic mass is 32.2. The first-order valence-electron chi connectivity index (χ1n) is 10.5. The number of rotatable bonds is 7. The molecule has 1 saturated heterocycles. The Kier molecular flexibility index (Phi) is 7.35. The monoisotopic (exact) mass is 445 g/mol. The summed E-state index contributed by atoms with van der Waals surface area (Å²) in [5, 5.41) is 2.91. The van der Waals surface area contributed by atoms with Crippen molar-refractivity contribution in [1.29, 1.82) is 0 Å².